The number of carbonyl (C=O) groups is 1. The fourth-order valence-electron chi connectivity index (χ4n) is 2.93. The standard InChI is InChI=1S/C16H22ClNO/c1-12-9-13(2)11-18(10-12)16(19)8-5-14-3-6-15(17)7-4-14/h3-4,6-7,12-13H,5,8-11H2,1-2H3. The molecule has 2 atom stereocenters. The quantitative estimate of drug-likeness (QED) is 0.825. The average molecular weight is 280 g/mol. The Labute approximate surface area is 120 Å². The predicted molar refractivity (Wildman–Crippen MR) is 79.3 cm³/mol. The summed E-state index contributed by atoms with van der Waals surface area (Å²) in [6, 6.07) is 7.76. The minimum absolute atomic E-state index is 0.286. The number of likely N-dealkylation sites (tertiary alicyclic amines) is 1. The second-order valence-corrected chi connectivity index (χ2v) is 6.31. The Morgan fingerprint density at radius 1 is 1.21 bits per heavy atom. The van der Waals surface area contributed by atoms with Crippen LogP contribution in [0.4, 0.5) is 0 Å². The van der Waals surface area contributed by atoms with Gasteiger partial charge in [0, 0.05) is 24.5 Å². The lowest BCUT2D eigenvalue weighted by atomic mass is 9.91. The van der Waals surface area contributed by atoms with Gasteiger partial charge < -0.3 is 4.90 Å². The zero-order valence-corrected chi connectivity index (χ0v) is 12.5. The van der Waals surface area contributed by atoms with Crippen molar-refractivity contribution in [2.75, 3.05) is 13.1 Å². The maximum absolute atomic E-state index is 12.2. The molecule has 1 aliphatic heterocycles. The van der Waals surface area contributed by atoms with E-state index in [1.807, 2.05) is 29.2 Å². The molecule has 1 saturated heterocycles. The van der Waals surface area contributed by atoms with Gasteiger partial charge in [-0.15, -0.1) is 0 Å². The van der Waals surface area contributed by atoms with Gasteiger partial charge in [-0.05, 0) is 42.4 Å². The largest absolute Gasteiger partial charge is 0.342 e. The number of carbonyl (C=O) groups excluding carboxylic acids is 1. The van der Waals surface area contributed by atoms with Crippen molar-refractivity contribution in [3.05, 3.63) is 34.9 Å². The van der Waals surface area contributed by atoms with Crippen LogP contribution in [0, 0.1) is 11.8 Å². The van der Waals surface area contributed by atoms with Crippen LogP contribution in [0.1, 0.15) is 32.3 Å². The maximum Gasteiger partial charge on any atom is 0.222 e. The van der Waals surface area contributed by atoms with Gasteiger partial charge in [-0.3, -0.25) is 4.79 Å². The number of hydrogen-bond acceptors (Lipinski definition) is 1. The number of rotatable bonds is 3. The molecule has 2 nitrogen and oxygen atoms in total. The van der Waals surface area contributed by atoms with Gasteiger partial charge in [0.25, 0.3) is 0 Å². The minimum atomic E-state index is 0.286. The van der Waals surface area contributed by atoms with Crippen LogP contribution in [0.25, 0.3) is 0 Å². The molecule has 2 rings (SSSR count). The van der Waals surface area contributed by atoms with Crippen LogP contribution in [0.2, 0.25) is 5.02 Å². The van der Waals surface area contributed by atoms with Crippen LogP contribution in [-0.4, -0.2) is 23.9 Å². The molecule has 1 aromatic carbocycles. The number of halogens is 1. The van der Waals surface area contributed by atoms with Gasteiger partial charge in [0.15, 0.2) is 0 Å². The predicted octanol–water partition coefficient (Wildman–Crippen LogP) is 3.78. The monoisotopic (exact) mass is 279 g/mol. The summed E-state index contributed by atoms with van der Waals surface area (Å²) in [7, 11) is 0. The van der Waals surface area contributed by atoms with Crippen molar-refractivity contribution in [3.8, 4) is 0 Å². The minimum Gasteiger partial charge on any atom is -0.342 e. The first-order valence-electron chi connectivity index (χ1n) is 7.07. The molecule has 1 aromatic rings. The summed E-state index contributed by atoms with van der Waals surface area (Å²) in [5, 5.41) is 0.744. The van der Waals surface area contributed by atoms with Gasteiger partial charge in [-0.25, -0.2) is 0 Å². The van der Waals surface area contributed by atoms with Gasteiger partial charge in [0.2, 0.25) is 5.91 Å². The van der Waals surface area contributed by atoms with E-state index < -0.39 is 0 Å². The summed E-state index contributed by atoms with van der Waals surface area (Å²) in [5.74, 6) is 1.54. The van der Waals surface area contributed by atoms with Crippen molar-refractivity contribution in [2.45, 2.75) is 33.1 Å². The third-order valence-corrected chi connectivity index (χ3v) is 4.01. The molecule has 1 amide bonds. The summed E-state index contributed by atoms with van der Waals surface area (Å²) in [4.78, 5) is 14.3. The molecule has 0 N–H and O–H groups in total. The van der Waals surface area contributed by atoms with E-state index in [0.717, 1.165) is 24.5 Å². The highest BCUT2D eigenvalue weighted by molar-refractivity contribution is 6.30. The van der Waals surface area contributed by atoms with E-state index in [-0.39, 0.29) is 5.91 Å². The van der Waals surface area contributed by atoms with E-state index in [9.17, 15) is 4.79 Å². The molecule has 2 unspecified atom stereocenters. The van der Waals surface area contributed by atoms with Crippen molar-refractivity contribution >= 4 is 17.5 Å². The fourth-order valence-corrected chi connectivity index (χ4v) is 3.05. The first kappa shape index (κ1) is 14.4. The van der Waals surface area contributed by atoms with E-state index in [2.05, 4.69) is 13.8 Å². The molecular weight excluding hydrogens is 258 g/mol. The maximum atomic E-state index is 12.2. The van der Waals surface area contributed by atoms with Gasteiger partial charge in [0.1, 0.15) is 0 Å². The van der Waals surface area contributed by atoms with Crippen LogP contribution in [0.15, 0.2) is 24.3 Å². The first-order valence-corrected chi connectivity index (χ1v) is 7.44. The van der Waals surface area contributed by atoms with Crippen LogP contribution >= 0.6 is 11.6 Å². The van der Waals surface area contributed by atoms with E-state index in [1.165, 1.54) is 12.0 Å². The Hall–Kier alpha value is -1.02. The van der Waals surface area contributed by atoms with Crippen molar-refractivity contribution in [3.63, 3.8) is 0 Å². The molecule has 0 saturated carbocycles. The van der Waals surface area contributed by atoms with Crippen molar-refractivity contribution in [1.29, 1.82) is 0 Å². The van der Waals surface area contributed by atoms with Crippen LogP contribution in [-0.2, 0) is 11.2 Å². The molecule has 104 valence electrons. The van der Waals surface area contributed by atoms with Crippen molar-refractivity contribution in [1.82, 2.24) is 4.90 Å². The molecule has 1 fully saturated rings. The molecule has 3 heteroatoms. The summed E-state index contributed by atoms with van der Waals surface area (Å²) in [6.45, 7) is 6.30. The lowest BCUT2D eigenvalue weighted by Crippen LogP contribution is -2.42. The Balaban J connectivity index is 1.85. The lowest BCUT2D eigenvalue weighted by molar-refractivity contribution is -0.133. The number of aryl methyl sites for hydroxylation is 1. The number of nitrogens with zero attached hydrogens (tertiary/aromatic N) is 1. The zero-order chi connectivity index (χ0) is 13.8. The van der Waals surface area contributed by atoms with E-state index in [1.54, 1.807) is 0 Å². The average Bonchev–Trinajstić information content (AvgIpc) is 2.36. The molecule has 1 aliphatic rings. The highest BCUT2D eigenvalue weighted by Crippen LogP contribution is 2.21. The molecule has 1 heterocycles. The number of piperidine rings is 1. The Morgan fingerprint density at radius 3 is 2.37 bits per heavy atom. The molecule has 0 bridgehead atoms. The summed E-state index contributed by atoms with van der Waals surface area (Å²) >= 11 is 5.85. The summed E-state index contributed by atoms with van der Waals surface area (Å²) < 4.78 is 0. The van der Waals surface area contributed by atoms with Crippen molar-refractivity contribution < 1.29 is 4.79 Å². The van der Waals surface area contributed by atoms with Gasteiger partial charge in [-0.1, -0.05) is 37.6 Å². The molecular formula is C16H22ClNO. The Morgan fingerprint density at radius 2 is 1.79 bits per heavy atom. The molecule has 0 aromatic heterocycles. The Kier molecular flexibility index (Phi) is 4.87. The van der Waals surface area contributed by atoms with Crippen LogP contribution in [0.3, 0.4) is 0 Å². The van der Waals surface area contributed by atoms with E-state index >= 15 is 0 Å². The third kappa shape index (κ3) is 4.24. The second-order valence-electron chi connectivity index (χ2n) is 5.87. The highest BCUT2D eigenvalue weighted by atomic mass is 35.5. The van der Waals surface area contributed by atoms with Crippen LogP contribution < -0.4 is 0 Å². The molecule has 0 radical (unpaired) electrons. The normalized spacial score (nSPS) is 23.4. The van der Waals surface area contributed by atoms with Gasteiger partial charge >= 0.3 is 0 Å². The summed E-state index contributed by atoms with van der Waals surface area (Å²) in [6.07, 6.45) is 2.64. The molecule has 0 spiro atoms. The Bertz CT molecular complexity index is 419. The number of benzene rings is 1. The topological polar surface area (TPSA) is 20.3 Å². The SMILES string of the molecule is CC1CC(C)CN(C(=O)CCc2ccc(Cl)cc2)C1. The second kappa shape index (κ2) is 6.42. The van der Waals surface area contributed by atoms with Crippen molar-refractivity contribution in [2.24, 2.45) is 11.8 Å². The molecule has 0 aliphatic carbocycles. The fraction of sp³-hybridized carbons (Fsp3) is 0.562. The van der Waals surface area contributed by atoms with Gasteiger partial charge in [0.05, 0.1) is 0 Å². The highest BCUT2D eigenvalue weighted by Gasteiger charge is 2.24. The smallest absolute Gasteiger partial charge is 0.222 e. The molecule has 19 heavy (non-hydrogen) atoms. The van der Waals surface area contributed by atoms with E-state index in [0.29, 0.717) is 18.3 Å². The lowest BCUT2D eigenvalue weighted by Gasteiger charge is -2.35. The van der Waals surface area contributed by atoms with E-state index in [4.69, 9.17) is 11.6 Å². The first-order chi connectivity index (χ1) is 9.04. The zero-order valence-electron chi connectivity index (χ0n) is 11.7. The summed E-state index contributed by atoms with van der Waals surface area (Å²) in [5.41, 5.74) is 1.18. The van der Waals surface area contributed by atoms with Gasteiger partial charge in [-0.2, -0.15) is 0 Å². The number of hydrogen-bond donors (Lipinski definition) is 0. The van der Waals surface area contributed by atoms with Crippen LogP contribution in [0.5, 0.6) is 0 Å². The number of amides is 1. The third-order valence-electron chi connectivity index (χ3n) is 3.76.